The largest absolute Gasteiger partial charge is 0.395 e. The Kier molecular flexibility index (Phi) is 6.53. The molecule has 0 spiro atoms. The molecule has 1 aromatic carbocycles. The maximum atomic E-state index is 13.6. The number of carbonyl (C=O) groups excluding carboxylic acids is 1. The van der Waals surface area contributed by atoms with Gasteiger partial charge in [-0.05, 0) is 67.4 Å². The third-order valence-electron chi connectivity index (χ3n) is 6.60. The molecule has 4 aromatic rings. The Morgan fingerprint density at radius 3 is 2.84 bits per heavy atom. The van der Waals surface area contributed by atoms with E-state index < -0.39 is 6.17 Å². The molecule has 2 aliphatic rings. The van der Waals surface area contributed by atoms with Crippen molar-refractivity contribution in [3.8, 4) is 0 Å². The third-order valence-corrected chi connectivity index (χ3v) is 7.48. The quantitative estimate of drug-likeness (QED) is 0.263. The fourth-order valence-electron chi connectivity index (χ4n) is 4.56. The van der Waals surface area contributed by atoms with E-state index in [0.717, 1.165) is 16.2 Å². The highest BCUT2D eigenvalue weighted by Crippen LogP contribution is 2.39. The number of benzene rings is 1. The lowest BCUT2D eigenvalue weighted by Crippen LogP contribution is -2.38. The number of amides is 1. The van der Waals surface area contributed by atoms with Crippen molar-refractivity contribution in [3.63, 3.8) is 0 Å². The van der Waals surface area contributed by atoms with E-state index in [4.69, 9.17) is 4.98 Å². The average molecular weight is 523 g/mol. The van der Waals surface area contributed by atoms with Crippen molar-refractivity contribution in [2.45, 2.75) is 47.4 Å². The van der Waals surface area contributed by atoms with Gasteiger partial charge in [-0.3, -0.25) is 19.2 Å². The van der Waals surface area contributed by atoms with Crippen molar-refractivity contribution in [3.05, 3.63) is 54.4 Å². The molecule has 0 bridgehead atoms. The van der Waals surface area contributed by atoms with Gasteiger partial charge in [-0.1, -0.05) is 0 Å². The van der Waals surface area contributed by atoms with Crippen LogP contribution in [0.2, 0.25) is 0 Å². The number of nitrogens with zero attached hydrogens (tertiary/aromatic N) is 5. The SMILES string of the molecule is O=C(CN1C[C@H](F)C[C@H]1CO)Nc1ccc(Sc2nc(Nc3cc(C4CC4)[nH]n3)n3cccc3n2)cc1. The zero-order valence-corrected chi connectivity index (χ0v) is 20.8. The molecule has 3 aromatic heterocycles. The van der Waals surface area contributed by atoms with Crippen LogP contribution in [0.3, 0.4) is 0 Å². The van der Waals surface area contributed by atoms with Crippen LogP contribution < -0.4 is 10.6 Å². The second kappa shape index (κ2) is 10.1. The van der Waals surface area contributed by atoms with Gasteiger partial charge in [0, 0.05) is 47.0 Å². The highest BCUT2D eigenvalue weighted by atomic mass is 32.2. The van der Waals surface area contributed by atoms with Crippen molar-refractivity contribution in [2.75, 3.05) is 30.3 Å². The summed E-state index contributed by atoms with van der Waals surface area (Å²) in [6.45, 7) is 0.0529. The first-order valence-corrected chi connectivity index (χ1v) is 13.1. The first-order chi connectivity index (χ1) is 18.0. The minimum absolute atomic E-state index is 0.0429. The number of hydrogen-bond acceptors (Lipinski definition) is 8. The first kappa shape index (κ1) is 23.9. The summed E-state index contributed by atoms with van der Waals surface area (Å²) < 4.78 is 15.5. The molecule has 2 atom stereocenters. The number of fused-ring (bicyclic) bond motifs is 1. The first-order valence-electron chi connectivity index (χ1n) is 12.3. The molecular weight excluding hydrogens is 495 g/mol. The van der Waals surface area contributed by atoms with Gasteiger partial charge in [-0.2, -0.15) is 10.1 Å². The van der Waals surface area contributed by atoms with E-state index in [1.54, 1.807) is 4.90 Å². The molecule has 1 saturated carbocycles. The summed E-state index contributed by atoms with van der Waals surface area (Å²) in [5, 5.41) is 23.6. The van der Waals surface area contributed by atoms with Gasteiger partial charge in [-0.25, -0.2) is 9.37 Å². The van der Waals surface area contributed by atoms with Crippen LogP contribution in [0.4, 0.5) is 21.8 Å². The molecule has 12 heteroatoms. The number of halogens is 1. The molecule has 0 unspecified atom stereocenters. The molecule has 4 heterocycles. The van der Waals surface area contributed by atoms with Gasteiger partial charge >= 0.3 is 0 Å². The lowest BCUT2D eigenvalue weighted by Gasteiger charge is -2.21. The fraction of sp³-hybridized carbons (Fsp3) is 0.360. The monoisotopic (exact) mass is 522 g/mol. The van der Waals surface area contributed by atoms with Crippen LogP contribution in [0.25, 0.3) is 5.65 Å². The zero-order chi connectivity index (χ0) is 25.4. The number of nitrogens with one attached hydrogen (secondary N) is 3. The average Bonchev–Trinajstić information content (AvgIpc) is 3.26. The summed E-state index contributed by atoms with van der Waals surface area (Å²) in [6, 6.07) is 12.9. The predicted octanol–water partition coefficient (Wildman–Crippen LogP) is 3.57. The van der Waals surface area contributed by atoms with Crippen molar-refractivity contribution in [2.24, 2.45) is 0 Å². The molecule has 1 aliphatic heterocycles. The molecule has 1 aliphatic carbocycles. The number of aliphatic hydroxyl groups is 1. The Morgan fingerprint density at radius 2 is 2.05 bits per heavy atom. The predicted molar refractivity (Wildman–Crippen MR) is 138 cm³/mol. The Bertz CT molecular complexity index is 1400. The number of hydrogen-bond donors (Lipinski definition) is 4. The van der Waals surface area contributed by atoms with Crippen molar-refractivity contribution in [1.29, 1.82) is 0 Å². The van der Waals surface area contributed by atoms with E-state index in [2.05, 4.69) is 25.8 Å². The summed E-state index contributed by atoms with van der Waals surface area (Å²) >= 11 is 1.41. The Balaban J connectivity index is 1.11. The molecule has 2 fully saturated rings. The third kappa shape index (κ3) is 5.45. The van der Waals surface area contributed by atoms with Crippen molar-refractivity contribution in [1.82, 2.24) is 29.5 Å². The summed E-state index contributed by atoms with van der Waals surface area (Å²) in [4.78, 5) is 24.4. The van der Waals surface area contributed by atoms with E-state index in [1.165, 1.54) is 24.6 Å². The Morgan fingerprint density at radius 1 is 1.22 bits per heavy atom. The van der Waals surface area contributed by atoms with E-state index in [-0.39, 0.29) is 38.1 Å². The van der Waals surface area contributed by atoms with E-state index >= 15 is 0 Å². The summed E-state index contributed by atoms with van der Waals surface area (Å²) in [5.74, 6) is 1.68. The van der Waals surface area contributed by atoms with Crippen LogP contribution in [0.1, 0.15) is 30.9 Å². The molecule has 192 valence electrons. The van der Waals surface area contributed by atoms with Crippen LogP contribution in [0.5, 0.6) is 0 Å². The smallest absolute Gasteiger partial charge is 0.238 e. The van der Waals surface area contributed by atoms with Gasteiger partial charge < -0.3 is 15.7 Å². The molecule has 10 nitrogen and oxygen atoms in total. The second-order valence-corrected chi connectivity index (χ2v) is 10.5. The van der Waals surface area contributed by atoms with Crippen molar-refractivity contribution >= 4 is 40.8 Å². The molecule has 1 saturated heterocycles. The maximum absolute atomic E-state index is 13.6. The number of rotatable bonds is 9. The van der Waals surface area contributed by atoms with E-state index in [0.29, 0.717) is 28.5 Å². The molecule has 1 amide bonds. The highest BCUT2D eigenvalue weighted by molar-refractivity contribution is 7.99. The van der Waals surface area contributed by atoms with Gasteiger partial charge in [0.05, 0.1) is 13.2 Å². The van der Waals surface area contributed by atoms with Crippen LogP contribution >= 0.6 is 11.8 Å². The fourth-order valence-corrected chi connectivity index (χ4v) is 5.32. The van der Waals surface area contributed by atoms with Crippen LogP contribution in [-0.2, 0) is 4.79 Å². The van der Waals surface area contributed by atoms with Gasteiger partial charge in [-0.15, -0.1) is 0 Å². The van der Waals surface area contributed by atoms with Crippen molar-refractivity contribution < 1.29 is 14.3 Å². The lowest BCUT2D eigenvalue weighted by atomic mass is 10.2. The number of H-pyrrole nitrogens is 1. The molecule has 0 radical (unpaired) electrons. The van der Waals surface area contributed by atoms with Crippen LogP contribution in [-0.4, -0.2) is 72.4 Å². The highest BCUT2D eigenvalue weighted by Gasteiger charge is 2.32. The number of carbonyl (C=O) groups is 1. The molecule has 6 rings (SSSR count). The van der Waals surface area contributed by atoms with E-state index in [1.807, 2.05) is 53.1 Å². The summed E-state index contributed by atoms with van der Waals surface area (Å²) in [6.07, 6.45) is 3.54. The Labute approximate surface area is 216 Å². The lowest BCUT2D eigenvalue weighted by molar-refractivity contribution is -0.117. The minimum Gasteiger partial charge on any atom is -0.395 e. The van der Waals surface area contributed by atoms with Gasteiger partial charge in [0.25, 0.3) is 0 Å². The maximum Gasteiger partial charge on any atom is 0.238 e. The normalized spacial score (nSPS) is 19.9. The molecule has 4 N–H and O–H groups in total. The minimum atomic E-state index is -1.01. The number of aliphatic hydroxyl groups excluding tert-OH is 1. The van der Waals surface area contributed by atoms with Gasteiger partial charge in [0.2, 0.25) is 11.9 Å². The van der Waals surface area contributed by atoms with E-state index in [9.17, 15) is 14.3 Å². The number of likely N-dealkylation sites (tertiary alicyclic amines) is 1. The van der Waals surface area contributed by atoms with Gasteiger partial charge in [0.15, 0.2) is 11.0 Å². The molecule has 37 heavy (non-hydrogen) atoms. The topological polar surface area (TPSA) is 123 Å². The number of aromatic nitrogens is 5. The van der Waals surface area contributed by atoms with Crippen LogP contribution in [0.15, 0.2) is 58.7 Å². The van der Waals surface area contributed by atoms with Crippen LogP contribution in [0, 0.1) is 0 Å². The standard InChI is InChI=1S/C25H27FN8O2S/c26-16-10-18(14-35)33(12-16)13-23(36)27-17-5-7-19(8-6-17)37-25-29-22-2-1-9-34(22)24(30-25)28-21-11-20(31-32-21)15-3-4-15/h1-2,5-9,11,15-16,18,35H,3-4,10,12-14H2,(H,27,36)(H2,28,29,30,31,32)/t16-,18+/m1/s1. The number of aromatic amines is 1. The van der Waals surface area contributed by atoms with Gasteiger partial charge in [0.1, 0.15) is 11.8 Å². The zero-order valence-electron chi connectivity index (χ0n) is 20.0. The Hall–Kier alpha value is -3.48. The summed E-state index contributed by atoms with van der Waals surface area (Å²) in [5.41, 5.74) is 2.55. The summed E-state index contributed by atoms with van der Waals surface area (Å²) in [7, 11) is 0. The number of alkyl halides is 1. The number of anilines is 3. The second-order valence-electron chi connectivity index (χ2n) is 9.45. The molecular formula is C25H27FN8O2S.